The Bertz CT molecular complexity index is 1200. The molecule has 4 N–H and O–H groups in total. The van der Waals surface area contributed by atoms with Gasteiger partial charge in [-0.3, -0.25) is 23.2 Å². The lowest BCUT2D eigenvalue weighted by Crippen LogP contribution is -2.30. The zero-order valence-electron chi connectivity index (χ0n) is 37.4. The van der Waals surface area contributed by atoms with Crippen molar-refractivity contribution in [1.82, 2.24) is 0 Å². The number of carbonyl (C=O) groups is 2. The number of epoxide rings is 1. The van der Waals surface area contributed by atoms with Gasteiger partial charge < -0.3 is 34.0 Å². The van der Waals surface area contributed by atoms with Crippen LogP contribution in [0.25, 0.3) is 0 Å². The Labute approximate surface area is 362 Å². The smallest absolute Gasteiger partial charge is 0.462 e. The van der Waals surface area contributed by atoms with Crippen LogP contribution in [0.3, 0.4) is 0 Å². The number of allylic oxidation sites excluding steroid dienone is 1. The van der Waals surface area contributed by atoms with Crippen molar-refractivity contribution in [3.8, 4) is 0 Å². The quantitative estimate of drug-likeness (QED) is 0.0148. The highest BCUT2D eigenvalue weighted by molar-refractivity contribution is 7.47. The molecule has 0 amide bonds. The van der Waals surface area contributed by atoms with Crippen molar-refractivity contribution in [2.75, 3.05) is 26.4 Å². The van der Waals surface area contributed by atoms with Gasteiger partial charge >= 0.3 is 27.6 Å². The van der Waals surface area contributed by atoms with Crippen molar-refractivity contribution in [2.45, 2.75) is 225 Å². The topological polar surface area (TPSA) is 208 Å². The molecule has 354 valence electrons. The maximum absolute atomic E-state index is 12.7. The van der Waals surface area contributed by atoms with Gasteiger partial charge in [0.25, 0.3) is 0 Å². The number of unbranched alkanes of at least 4 members (excludes halogenated alkanes) is 20. The third kappa shape index (κ3) is 37.4. The lowest BCUT2D eigenvalue weighted by molar-refractivity contribution is -0.161. The van der Waals surface area contributed by atoms with Crippen molar-refractivity contribution in [2.24, 2.45) is 5.92 Å². The van der Waals surface area contributed by atoms with Crippen molar-refractivity contribution in [3.63, 3.8) is 0 Å². The summed E-state index contributed by atoms with van der Waals surface area (Å²) in [7, 11) is -9.67. The van der Waals surface area contributed by atoms with Crippen molar-refractivity contribution in [3.05, 3.63) is 12.2 Å². The van der Waals surface area contributed by atoms with E-state index in [4.69, 9.17) is 33.0 Å². The highest BCUT2D eigenvalue weighted by Crippen LogP contribution is 2.44. The number of ether oxygens (including phenoxy) is 3. The number of carbonyl (C=O) groups excluding carboxylic acids is 2. The molecular weight excluding hydrogens is 814 g/mol. The van der Waals surface area contributed by atoms with Crippen LogP contribution in [0.15, 0.2) is 12.2 Å². The number of phosphoric acid groups is 2. The summed E-state index contributed by atoms with van der Waals surface area (Å²) in [5.41, 5.74) is 0. The molecule has 1 aliphatic rings. The number of aliphatic hydroxyl groups is 1. The molecule has 14 nitrogen and oxygen atoms in total. The minimum absolute atomic E-state index is 0.130. The zero-order chi connectivity index (χ0) is 44.3. The van der Waals surface area contributed by atoms with E-state index >= 15 is 0 Å². The average Bonchev–Trinajstić information content (AvgIpc) is 3.95. The molecule has 0 bridgehead atoms. The van der Waals surface area contributed by atoms with E-state index in [0.29, 0.717) is 25.0 Å². The third-order valence-corrected chi connectivity index (χ3v) is 11.9. The van der Waals surface area contributed by atoms with Crippen LogP contribution >= 0.6 is 15.6 Å². The number of hydrogen-bond acceptors (Lipinski definition) is 11. The fourth-order valence-electron chi connectivity index (χ4n) is 6.83. The summed E-state index contributed by atoms with van der Waals surface area (Å²) in [6.07, 6.45) is 32.3. The molecule has 16 heteroatoms. The van der Waals surface area contributed by atoms with Gasteiger partial charge in [0.2, 0.25) is 0 Å². The second-order valence-corrected chi connectivity index (χ2v) is 19.6. The maximum atomic E-state index is 12.7. The Hall–Kier alpha value is -1.18. The molecule has 0 saturated carbocycles. The molecule has 60 heavy (non-hydrogen) atoms. The number of hydrogen-bond donors (Lipinski definition) is 4. The van der Waals surface area contributed by atoms with Gasteiger partial charge in [0.1, 0.15) is 12.7 Å². The fraction of sp³-hybridized carbons (Fsp3) is 0.909. The van der Waals surface area contributed by atoms with Crippen LogP contribution in [0.1, 0.15) is 201 Å². The standard InChI is InChI=1S/C44H84O14P2/c1-4-5-24-30-41-42(58-41)31-26-21-17-14-15-18-22-27-32-43(46)53-36-40(37-56-60(51,52)55-35-39(45)34-54-59(48,49)50)57-44(47)33-28-23-19-13-11-9-7-6-8-10-12-16-20-25-29-38(2)3/h21,26,38-42,45H,4-20,22-25,27-37H2,1-3H3,(H,51,52)(H2,48,49,50)/b26-21-/t39-,40+,41?,42?/m0/s1. The average molecular weight is 899 g/mol. The maximum Gasteiger partial charge on any atom is 0.472 e. The SMILES string of the molecule is CCCCCC1OC1C/C=C\CCCCCCCC(=O)OC[C@H](COP(=O)(O)OC[C@@H](O)COP(=O)(O)O)OC(=O)CCCCCCCCCCCCCCCCC(C)C. The molecule has 0 aromatic heterocycles. The van der Waals surface area contributed by atoms with Gasteiger partial charge in [0.05, 0.1) is 32.0 Å². The molecule has 1 saturated heterocycles. The van der Waals surface area contributed by atoms with Gasteiger partial charge in [0, 0.05) is 12.8 Å². The first-order valence-corrected chi connectivity index (χ1v) is 26.4. The Morgan fingerprint density at radius 2 is 1.13 bits per heavy atom. The van der Waals surface area contributed by atoms with E-state index in [1.165, 1.54) is 96.3 Å². The molecule has 0 aromatic rings. The third-order valence-electron chi connectivity index (χ3n) is 10.5. The summed E-state index contributed by atoms with van der Waals surface area (Å²) < 4.78 is 53.6. The van der Waals surface area contributed by atoms with E-state index in [0.717, 1.165) is 63.7 Å². The first-order chi connectivity index (χ1) is 28.7. The van der Waals surface area contributed by atoms with E-state index in [2.05, 4.69) is 37.4 Å². The lowest BCUT2D eigenvalue weighted by Gasteiger charge is -2.20. The molecule has 1 aliphatic heterocycles. The second-order valence-electron chi connectivity index (χ2n) is 16.9. The minimum atomic E-state index is -4.86. The second kappa shape index (κ2) is 36.2. The van der Waals surface area contributed by atoms with Gasteiger partial charge in [-0.25, -0.2) is 9.13 Å². The number of esters is 2. The Morgan fingerprint density at radius 3 is 1.70 bits per heavy atom. The number of rotatable bonds is 43. The predicted octanol–water partition coefficient (Wildman–Crippen LogP) is 11.0. The molecule has 1 fully saturated rings. The monoisotopic (exact) mass is 899 g/mol. The number of phosphoric ester groups is 2. The Morgan fingerprint density at radius 1 is 0.617 bits per heavy atom. The molecule has 1 rings (SSSR count). The molecule has 3 unspecified atom stereocenters. The summed E-state index contributed by atoms with van der Waals surface area (Å²) >= 11 is 0. The van der Waals surface area contributed by atoms with E-state index in [1.54, 1.807) is 0 Å². The van der Waals surface area contributed by atoms with E-state index < -0.39 is 59.6 Å². The van der Waals surface area contributed by atoms with Crippen LogP contribution in [0, 0.1) is 5.92 Å². The largest absolute Gasteiger partial charge is 0.472 e. The van der Waals surface area contributed by atoms with Crippen LogP contribution in [-0.2, 0) is 46.5 Å². The highest BCUT2D eigenvalue weighted by Gasteiger charge is 2.36. The lowest BCUT2D eigenvalue weighted by atomic mass is 10.0. The van der Waals surface area contributed by atoms with Crippen LogP contribution in [0.5, 0.6) is 0 Å². The van der Waals surface area contributed by atoms with Gasteiger partial charge in [-0.15, -0.1) is 0 Å². The molecule has 1 heterocycles. The Kier molecular flexibility index (Phi) is 34.3. The van der Waals surface area contributed by atoms with Crippen molar-refractivity contribution in [1.29, 1.82) is 0 Å². The molecule has 5 atom stereocenters. The van der Waals surface area contributed by atoms with Gasteiger partial charge in [0.15, 0.2) is 6.10 Å². The molecular formula is C44H84O14P2. The van der Waals surface area contributed by atoms with Gasteiger partial charge in [-0.1, -0.05) is 161 Å². The van der Waals surface area contributed by atoms with Crippen LogP contribution in [0.2, 0.25) is 0 Å². The van der Waals surface area contributed by atoms with Crippen LogP contribution in [0.4, 0.5) is 0 Å². The highest BCUT2D eigenvalue weighted by atomic mass is 31.2. The molecule has 0 radical (unpaired) electrons. The van der Waals surface area contributed by atoms with Crippen LogP contribution < -0.4 is 0 Å². The summed E-state index contributed by atoms with van der Waals surface area (Å²) in [4.78, 5) is 52.8. The van der Waals surface area contributed by atoms with Crippen molar-refractivity contribution < 1.29 is 66.3 Å². The first-order valence-electron chi connectivity index (χ1n) is 23.4. The van der Waals surface area contributed by atoms with Gasteiger partial charge in [-0.05, 0) is 44.4 Å². The Balaban J connectivity index is 2.32. The summed E-state index contributed by atoms with van der Waals surface area (Å²) in [5, 5.41) is 9.76. The molecule has 0 spiro atoms. The van der Waals surface area contributed by atoms with Crippen LogP contribution in [-0.4, -0.2) is 82.6 Å². The summed E-state index contributed by atoms with van der Waals surface area (Å²) in [6, 6.07) is 0. The summed E-state index contributed by atoms with van der Waals surface area (Å²) in [6.45, 7) is 4.07. The van der Waals surface area contributed by atoms with E-state index in [9.17, 15) is 28.7 Å². The minimum Gasteiger partial charge on any atom is -0.462 e. The fourth-order valence-corrected chi connectivity index (χ4v) is 7.99. The van der Waals surface area contributed by atoms with E-state index in [1.807, 2.05) is 0 Å². The normalized spacial score (nSPS) is 17.5. The van der Waals surface area contributed by atoms with E-state index in [-0.39, 0.29) is 19.4 Å². The zero-order valence-corrected chi connectivity index (χ0v) is 39.2. The number of aliphatic hydroxyl groups excluding tert-OH is 1. The molecule has 0 aliphatic carbocycles. The predicted molar refractivity (Wildman–Crippen MR) is 234 cm³/mol. The molecule has 0 aromatic carbocycles. The summed E-state index contributed by atoms with van der Waals surface area (Å²) in [5.74, 6) is -0.236. The van der Waals surface area contributed by atoms with Crippen molar-refractivity contribution >= 4 is 27.6 Å². The first kappa shape index (κ1) is 56.8. The van der Waals surface area contributed by atoms with Gasteiger partial charge in [-0.2, -0.15) is 0 Å².